The number of carbonyl (C=O) groups is 2. The summed E-state index contributed by atoms with van der Waals surface area (Å²) < 4.78 is 0. The number of carbonyl (C=O) groups excluding carboxylic acids is 2. The lowest BCUT2D eigenvalue weighted by Gasteiger charge is -2.21. The maximum atomic E-state index is 12.3. The van der Waals surface area contributed by atoms with Crippen LogP contribution in [0.4, 0.5) is 5.69 Å². The van der Waals surface area contributed by atoms with Crippen molar-refractivity contribution in [2.75, 3.05) is 5.32 Å². The van der Waals surface area contributed by atoms with E-state index < -0.39 is 6.04 Å². The van der Waals surface area contributed by atoms with Crippen LogP contribution in [0.5, 0.6) is 0 Å². The fourth-order valence-corrected chi connectivity index (χ4v) is 3.00. The minimum absolute atomic E-state index is 0.0124. The molecule has 132 valence electrons. The third-order valence-corrected chi connectivity index (χ3v) is 4.44. The van der Waals surface area contributed by atoms with Crippen molar-refractivity contribution in [1.82, 2.24) is 5.32 Å². The zero-order chi connectivity index (χ0) is 18.6. The van der Waals surface area contributed by atoms with Crippen molar-refractivity contribution in [3.8, 4) is 0 Å². The van der Waals surface area contributed by atoms with E-state index in [2.05, 4.69) is 10.6 Å². The lowest BCUT2D eigenvalue weighted by molar-refractivity contribution is -0.117. The third kappa shape index (κ3) is 5.30. The quantitative estimate of drug-likeness (QED) is 0.704. The second kappa shape index (κ2) is 8.48. The van der Waals surface area contributed by atoms with Gasteiger partial charge in [0.1, 0.15) is 0 Å². The number of Topliss-reactive ketones (excluding diaryl/α,β-unsaturated/α-hetero) is 1. The van der Waals surface area contributed by atoms with E-state index in [0.717, 1.165) is 5.56 Å². The summed E-state index contributed by atoms with van der Waals surface area (Å²) in [6.07, 6.45) is 0. The molecule has 0 bridgehead atoms. The van der Waals surface area contributed by atoms with E-state index in [1.165, 1.54) is 6.92 Å². The summed E-state index contributed by atoms with van der Waals surface area (Å²) in [4.78, 5) is 23.6. The van der Waals surface area contributed by atoms with Crippen LogP contribution in [-0.2, 0) is 4.79 Å². The highest BCUT2D eigenvalue weighted by atomic mass is 35.5. The van der Waals surface area contributed by atoms with Crippen LogP contribution >= 0.6 is 23.2 Å². The normalized spacial score (nSPS) is 13.2. The summed E-state index contributed by atoms with van der Waals surface area (Å²) >= 11 is 12.1. The van der Waals surface area contributed by atoms with E-state index in [0.29, 0.717) is 21.3 Å². The van der Waals surface area contributed by atoms with Gasteiger partial charge in [-0.3, -0.25) is 14.9 Å². The number of benzene rings is 2. The Bertz CT molecular complexity index is 775. The van der Waals surface area contributed by atoms with Gasteiger partial charge in [0.05, 0.1) is 6.04 Å². The standard InChI is InChI=1S/C19H20Cl2N2O2/c1-11(17-9-6-15(20)10-18(17)21)22-12(2)19(25)23-16-7-4-14(5-8-16)13(3)24/h4-12,22H,1-3H3,(H,23,25)/t11-,12+/m1/s1. The molecule has 0 saturated carbocycles. The molecule has 0 aromatic heterocycles. The molecule has 2 aromatic rings. The monoisotopic (exact) mass is 378 g/mol. The van der Waals surface area contributed by atoms with Gasteiger partial charge in [-0.25, -0.2) is 0 Å². The second-order valence-electron chi connectivity index (χ2n) is 5.90. The van der Waals surface area contributed by atoms with Gasteiger partial charge in [-0.2, -0.15) is 0 Å². The number of ketones is 1. The van der Waals surface area contributed by atoms with Gasteiger partial charge in [0.25, 0.3) is 0 Å². The predicted octanol–water partition coefficient (Wildman–Crippen LogP) is 4.87. The number of hydrogen-bond donors (Lipinski definition) is 2. The Labute approximate surface area is 157 Å². The van der Waals surface area contributed by atoms with E-state index in [4.69, 9.17) is 23.2 Å². The average Bonchev–Trinajstić information content (AvgIpc) is 2.55. The van der Waals surface area contributed by atoms with Gasteiger partial charge in [-0.15, -0.1) is 0 Å². The average molecular weight is 379 g/mol. The molecule has 0 saturated heterocycles. The molecule has 2 rings (SSSR count). The van der Waals surface area contributed by atoms with Gasteiger partial charge < -0.3 is 5.32 Å². The SMILES string of the molecule is CC(=O)c1ccc(NC(=O)[C@H](C)N[C@H](C)c2ccc(Cl)cc2Cl)cc1. The Balaban J connectivity index is 1.98. The van der Waals surface area contributed by atoms with E-state index >= 15 is 0 Å². The highest BCUT2D eigenvalue weighted by Gasteiger charge is 2.18. The van der Waals surface area contributed by atoms with Crippen molar-refractivity contribution in [3.05, 3.63) is 63.6 Å². The van der Waals surface area contributed by atoms with Gasteiger partial charge in [0, 0.05) is 27.3 Å². The topological polar surface area (TPSA) is 58.2 Å². The molecule has 0 aliphatic rings. The molecular formula is C19H20Cl2N2O2. The highest BCUT2D eigenvalue weighted by molar-refractivity contribution is 6.35. The lowest BCUT2D eigenvalue weighted by Crippen LogP contribution is -2.39. The second-order valence-corrected chi connectivity index (χ2v) is 6.74. The molecule has 0 aliphatic heterocycles. The number of rotatable bonds is 6. The molecule has 0 spiro atoms. The summed E-state index contributed by atoms with van der Waals surface area (Å²) in [5, 5.41) is 7.16. The van der Waals surface area contributed by atoms with E-state index in [9.17, 15) is 9.59 Å². The molecule has 25 heavy (non-hydrogen) atoms. The van der Waals surface area contributed by atoms with Crippen LogP contribution in [0.2, 0.25) is 10.0 Å². The van der Waals surface area contributed by atoms with Crippen molar-refractivity contribution < 1.29 is 9.59 Å². The maximum Gasteiger partial charge on any atom is 0.241 e. The van der Waals surface area contributed by atoms with Crippen LogP contribution < -0.4 is 10.6 Å². The molecule has 6 heteroatoms. The molecule has 4 nitrogen and oxygen atoms in total. The Hall–Kier alpha value is -1.88. The number of anilines is 1. The first kappa shape index (κ1) is 19.4. The minimum Gasteiger partial charge on any atom is -0.325 e. The molecule has 2 atom stereocenters. The molecule has 1 amide bonds. The van der Waals surface area contributed by atoms with Crippen molar-refractivity contribution in [1.29, 1.82) is 0 Å². The van der Waals surface area contributed by atoms with Gasteiger partial charge in [0.15, 0.2) is 5.78 Å². The predicted molar refractivity (Wildman–Crippen MR) is 103 cm³/mol. The first-order valence-electron chi connectivity index (χ1n) is 7.91. The summed E-state index contributed by atoms with van der Waals surface area (Å²) in [5.41, 5.74) is 2.12. The molecule has 0 radical (unpaired) electrons. The van der Waals surface area contributed by atoms with Crippen LogP contribution in [0.3, 0.4) is 0 Å². The largest absolute Gasteiger partial charge is 0.325 e. The van der Waals surface area contributed by atoms with Gasteiger partial charge >= 0.3 is 0 Å². The first-order valence-corrected chi connectivity index (χ1v) is 8.66. The summed E-state index contributed by atoms with van der Waals surface area (Å²) in [5.74, 6) is -0.186. The number of amides is 1. The Morgan fingerprint density at radius 1 is 1.00 bits per heavy atom. The fraction of sp³-hybridized carbons (Fsp3) is 0.263. The van der Waals surface area contributed by atoms with Crippen LogP contribution in [0.1, 0.15) is 42.7 Å². The molecule has 2 N–H and O–H groups in total. The molecule has 0 heterocycles. The fourth-order valence-electron chi connectivity index (χ4n) is 2.43. The zero-order valence-corrected chi connectivity index (χ0v) is 15.8. The Morgan fingerprint density at radius 3 is 2.20 bits per heavy atom. The van der Waals surface area contributed by atoms with Crippen molar-refractivity contribution in [2.24, 2.45) is 0 Å². The zero-order valence-electron chi connectivity index (χ0n) is 14.3. The van der Waals surface area contributed by atoms with Gasteiger partial charge in [-0.1, -0.05) is 29.3 Å². The Kier molecular flexibility index (Phi) is 6.59. The molecule has 2 aromatic carbocycles. The van der Waals surface area contributed by atoms with Gasteiger partial charge in [0.2, 0.25) is 5.91 Å². The van der Waals surface area contributed by atoms with E-state index in [1.54, 1.807) is 43.3 Å². The molecule has 0 aliphatic carbocycles. The summed E-state index contributed by atoms with van der Waals surface area (Å²) in [7, 11) is 0. The smallest absolute Gasteiger partial charge is 0.241 e. The molecule has 0 fully saturated rings. The van der Waals surface area contributed by atoms with Crippen LogP contribution in [0.15, 0.2) is 42.5 Å². The summed E-state index contributed by atoms with van der Waals surface area (Å²) in [6, 6.07) is 11.5. The number of nitrogens with one attached hydrogen (secondary N) is 2. The van der Waals surface area contributed by atoms with Crippen molar-refractivity contribution in [2.45, 2.75) is 32.9 Å². The van der Waals surface area contributed by atoms with Crippen LogP contribution in [0.25, 0.3) is 0 Å². The van der Waals surface area contributed by atoms with E-state index in [1.807, 2.05) is 13.0 Å². The third-order valence-electron chi connectivity index (χ3n) is 3.88. The number of halogens is 2. The molecule has 0 unspecified atom stereocenters. The van der Waals surface area contributed by atoms with Crippen LogP contribution in [0, 0.1) is 0 Å². The van der Waals surface area contributed by atoms with Crippen molar-refractivity contribution >= 4 is 40.6 Å². The van der Waals surface area contributed by atoms with Gasteiger partial charge in [-0.05, 0) is 62.7 Å². The first-order chi connectivity index (χ1) is 11.8. The summed E-state index contributed by atoms with van der Waals surface area (Å²) in [6.45, 7) is 5.21. The maximum absolute atomic E-state index is 12.3. The highest BCUT2D eigenvalue weighted by Crippen LogP contribution is 2.26. The number of hydrogen-bond acceptors (Lipinski definition) is 3. The minimum atomic E-state index is -0.436. The van der Waals surface area contributed by atoms with E-state index in [-0.39, 0.29) is 17.7 Å². The molecular weight excluding hydrogens is 359 g/mol. The van der Waals surface area contributed by atoms with Crippen LogP contribution in [-0.4, -0.2) is 17.7 Å². The van der Waals surface area contributed by atoms with Crippen molar-refractivity contribution in [3.63, 3.8) is 0 Å². The Morgan fingerprint density at radius 2 is 1.64 bits per heavy atom. The lowest BCUT2D eigenvalue weighted by atomic mass is 10.1.